The Morgan fingerprint density at radius 2 is 2.04 bits per heavy atom. The molecule has 0 bridgehead atoms. The molecule has 0 saturated heterocycles. The quantitative estimate of drug-likeness (QED) is 0.597. The molecular weight excluding hydrogens is 349 g/mol. The van der Waals surface area contributed by atoms with Gasteiger partial charge in [0.2, 0.25) is 0 Å². The topological polar surface area (TPSA) is 86.5 Å². The molecule has 0 saturated carbocycles. The molecule has 0 spiro atoms. The molecule has 128 valence electrons. The van der Waals surface area contributed by atoms with Gasteiger partial charge in [0.15, 0.2) is 5.76 Å². The minimum Gasteiger partial charge on any atom is -0.462 e. The number of benzene rings is 1. The minimum atomic E-state index is -4.43. The summed E-state index contributed by atoms with van der Waals surface area (Å²) in [6.45, 7) is 6.12. The summed E-state index contributed by atoms with van der Waals surface area (Å²) in [7, 11) is -4.43. The average Bonchev–Trinajstić information content (AvgIpc) is 3.03. The lowest BCUT2D eigenvalue weighted by atomic mass is 9.98. The van der Waals surface area contributed by atoms with E-state index in [2.05, 4.69) is 18.8 Å². The molecule has 0 unspecified atom stereocenters. The van der Waals surface area contributed by atoms with Gasteiger partial charge in [0.1, 0.15) is 5.30 Å². The highest BCUT2D eigenvalue weighted by molar-refractivity contribution is 7.60. The number of aromatic amines is 1. The normalized spacial score (nSPS) is 12.5. The van der Waals surface area contributed by atoms with Crippen LogP contribution in [0.3, 0.4) is 0 Å². The van der Waals surface area contributed by atoms with Crippen LogP contribution in [0.25, 0.3) is 22.4 Å². The van der Waals surface area contributed by atoms with Gasteiger partial charge in [-0.15, -0.1) is 0 Å². The Kier molecular flexibility index (Phi) is 4.39. The predicted octanol–water partition coefficient (Wildman–Crippen LogP) is 4.39. The minimum absolute atomic E-state index is 0.109. The summed E-state index contributed by atoms with van der Waals surface area (Å²) in [6, 6.07) is 5.05. The van der Waals surface area contributed by atoms with Gasteiger partial charge >= 0.3 is 7.60 Å². The first kappa shape index (κ1) is 17.3. The lowest BCUT2D eigenvalue weighted by Gasteiger charge is -2.08. The molecule has 3 aromatic rings. The molecule has 1 aromatic carbocycles. The third-order valence-electron chi connectivity index (χ3n) is 3.97. The van der Waals surface area contributed by atoms with Crippen LogP contribution in [0.1, 0.15) is 25.0 Å². The van der Waals surface area contributed by atoms with Crippen LogP contribution in [0.4, 0.5) is 0 Å². The number of hydrogen-bond acceptors (Lipinski definition) is 2. The molecule has 0 atom stereocenters. The van der Waals surface area contributed by atoms with Crippen molar-refractivity contribution in [2.45, 2.75) is 27.2 Å². The van der Waals surface area contributed by atoms with Crippen LogP contribution in [-0.4, -0.2) is 14.8 Å². The zero-order chi connectivity index (χ0) is 17.6. The lowest BCUT2D eigenvalue weighted by Crippen LogP contribution is -2.05. The second kappa shape index (κ2) is 6.08. The fraction of sp³-hybridized carbons (Fsp3) is 0.294. The standard InChI is InChI=1S/C17H19ClNO4P/c1-9(2)6-12-13-8-11(18)7-10(3)15(13)19-16(12)17-14(4-5-23-17)24(20,21)22/h4-5,7-9,19H,6H2,1-3H3,(H2,20,21,22). The van der Waals surface area contributed by atoms with E-state index in [1.165, 1.54) is 12.3 Å². The van der Waals surface area contributed by atoms with Crippen molar-refractivity contribution >= 4 is 35.4 Å². The Labute approximate surface area is 144 Å². The number of aromatic nitrogens is 1. The Hall–Kier alpha value is -1.52. The third kappa shape index (κ3) is 3.05. The van der Waals surface area contributed by atoms with Gasteiger partial charge in [0, 0.05) is 15.9 Å². The van der Waals surface area contributed by atoms with Crippen LogP contribution in [0.2, 0.25) is 5.02 Å². The van der Waals surface area contributed by atoms with Crippen LogP contribution < -0.4 is 5.30 Å². The van der Waals surface area contributed by atoms with E-state index in [0.717, 1.165) is 28.5 Å². The Morgan fingerprint density at radius 3 is 2.67 bits per heavy atom. The van der Waals surface area contributed by atoms with Crippen molar-refractivity contribution in [3.8, 4) is 11.5 Å². The zero-order valence-electron chi connectivity index (χ0n) is 13.6. The SMILES string of the molecule is Cc1cc(Cl)cc2c(CC(C)C)c(-c3occc3P(=O)(O)O)[nH]c12. The van der Waals surface area contributed by atoms with E-state index < -0.39 is 7.60 Å². The molecule has 0 radical (unpaired) electrons. The number of aryl methyl sites for hydroxylation is 1. The van der Waals surface area contributed by atoms with E-state index in [4.69, 9.17) is 16.0 Å². The van der Waals surface area contributed by atoms with Gasteiger partial charge in [-0.1, -0.05) is 25.4 Å². The fourth-order valence-corrected chi connectivity index (χ4v) is 3.97. The number of halogens is 1. The Balaban J connectivity index is 2.34. The van der Waals surface area contributed by atoms with Gasteiger partial charge in [-0.25, -0.2) is 0 Å². The van der Waals surface area contributed by atoms with E-state index in [1.54, 1.807) is 0 Å². The molecule has 0 aliphatic heterocycles. The Morgan fingerprint density at radius 1 is 1.33 bits per heavy atom. The van der Waals surface area contributed by atoms with Gasteiger partial charge in [-0.2, -0.15) is 0 Å². The van der Waals surface area contributed by atoms with E-state index in [-0.39, 0.29) is 11.1 Å². The van der Waals surface area contributed by atoms with Crippen LogP contribution in [0, 0.1) is 12.8 Å². The summed E-state index contributed by atoms with van der Waals surface area (Å²) in [5.74, 6) is 0.543. The number of nitrogens with one attached hydrogen (secondary N) is 1. The maximum atomic E-state index is 11.8. The summed E-state index contributed by atoms with van der Waals surface area (Å²) in [5, 5.41) is 1.48. The fourth-order valence-electron chi connectivity index (χ4n) is 3.02. The molecule has 7 heteroatoms. The van der Waals surface area contributed by atoms with Gasteiger partial charge < -0.3 is 19.2 Å². The average molecular weight is 368 g/mol. The highest BCUT2D eigenvalue weighted by atomic mass is 35.5. The number of fused-ring (bicyclic) bond motifs is 1. The third-order valence-corrected chi connectivity index (χ3v) is 5.17. The summed E-state index contributed by atoms with van der Waals surface area (Å²) < 4.78 is 17.2. The van der Waals surface area contributed by atoms with Gasteiger partial charge in [-0.3, -0.25) is 4.57 Å². The molecule has 0 aliphatic rings. The molecule has 5 nitrogen and oxygen atoms in total. The smallest absolute Gasteiger partial charge is 0.360 e. The monoisotopic (exact) mass is 367 g/mol. The van der Waals surface area contributed by atoms with E-state index in [1.807, 2.05) is 19.1 Å². The predicted molar refractivity (Wildman–Crippen MR) is 96.0 cm³/mol. The van der Waals surface area contributed by atoms with Gasteiger partial charge in [0.05, 0.1) is 12.0 Å². The van der Waals surface area contributed by atoms with Crippen LogP contribution in [-0.2, 0) is 11.0 Å². The maximum Gasteiger partial charge on any atom is 0.360 e. The Bertz CT molecular complexity index is 951. The molecule has 3 rings (SSSR count). The highest BCUT2D eigenvalue weighted by Gasteiger charge is 2.28. The van der Waals surface area contributed by atoms with Crippen molar-refractivity contribution < 1.29 is 18.8 Å². The van der Waals surface area contributed by atoms with Gasteiger partial charge in [-0.05, 0) is 48.6 Å². The first-order valence-electron chi connectivity index (χ1n) is 7.63. The van der Waals surface area contributed by atoms with Crippen molar-refractivity contribution in [3.05, 3.63) is 40.6 Å². The number of H-pyrrole nitrogens is 1. The molecule has 24 heavy (non-hydrogen) atoms. The van der Waals surface area contributed by atoms with Crippen molar-refractivity contribution in [3.63, 3.8) is 0 Å². The maximum absolute atomic E-state index is 11.8. The summed E-state index contributed by atoms with van der Waals surface area (Å²) in [6.07, 6.45) is 2.03. The number of furan rings is 1. The molecule has 0 fully saturated rings. The first-order chi connectivity index (χ1) is 11.2. The van der Waals surface area contributed by atoms with Crippen LogP contribution in [0.15, 0.2) is 28.9 Å². The molecule has 2 heterocycles. The van der Waals surface area contributed by atoms with Crippen molar-refractivity contribution in [2.24, 2.45) is 5.92 Å². The van der Waals surface area contributed by atoms with E-state index in [9.17, 15) is 14.4 Å². The van der Waals surface area contributed by atoms with E-state index in [0.29, 0.717) is 16.6 Å². The second-order valence-corrected chi connectivity index (χ2v) is 8.41. The summed E-state index contributed by atoms with van der Waals surface area (Å²) in [5.41, 5.74) is 3.43. The number of rotatable bonds is 4. The molecule has 0 aliphatic carbocycles. The van der Waals surface area contributed by atoms with Crippen LogP contribution >= 0.6 is 19.2 Å². The zero-order valence-corrected chi connectivity index (χ0v) is 15.3. The molecule has 0 amide bonds. The summed E-state index contributed by atoms with van der Waals surface area (Å²) >= 11 is 6.21. The van der Waals surface area contributed by atoms with Gasteiger partial charge in [0.25, 0.3) is 0 Å². The molecular formula is C17H19ClNO4P. The van der Waals surface area contributed by atoms with Crippen LogP contribution in [0.5, 0.6) is 0 Å². The first-order valence-corrected chi connectivity index (χ1v) is 9.62. The number of hydrogen-bond donors (Lipinski definition) is 3. The van der Waals surface area contributed by atoms with E-state index >= 15 is 0 Å². The van der Waals surface area contributed by atoms with Crippen molar-refractivity contribution in [1.29, 1.82) is 0 Å². The van der Waals surface area contributed by atoms with Crippen molar-refractivity contribution in [2.75, 3.05) is 0 Å². The highest BCUT2D eigenvalue weighted by Crippen LogP contribution is 2.41. The second-order valence-electron chi connectivity index (χ2n) is 6.40. The molecule has 3 N–H and O–H groups in total. The van der Waals surface area contributed by atoms with Crippen molar-refractivity contribution in [1.82, 2.24) is 4.98 Å². The largest absolute Gasteiger partial charge is 0.462 e. The summed E-state index contributed by atoms with van der Waals surface area (Å²) in [4.78, 5) is 22.4. The lowest BCUT2D eigenvalue weighted by molar-refractivity contribution is 0.387. The molecule has 2 aromatic heterocycles.